The second-order valence-electron chi connectivity index (χ2n) is 7.25. The van der Waals surface area contributed by atoms with E-state index >= 15 is 0 Å². The third-order valence-corrected chi connectivity index (χ3v) is 5.09. The highest BCUT2D eigenvalue weighted by Gasteiger charge is 2.16. The molecule has 158 valence electrons. The van der Waals surface area contributed by atoms with Gasteiger partial charge in [-0.2, -0.15) is 0 Å². The third-order valence-electron chi connectivity index (χ3n) is 5.09. The fraction of sp³-hybridized carbons (Fsp3) is 0.217. The fourth-order valence-corrected chi connectivity index (χ4v) is 3.46. The third kappa shape index (κ3) is 4.18. The number of methoxy groups -OCH3 is 1. The van der Waals surface area contributed by atoms with Crippen molar-refractivity contribution < 1.29 is 9.53 Å². The van der Waals surface area contributed by atoms with E-state index < -0.39 is 5.69 Å². The van der Waals surface area contributed by atoms with E-state index in [0.29, 0.717) is 11.5 Å². The monoisotopic (exact) mass is 417 g/mol. The molecule has 4 aromatic rings. The zero-order valence-electron chi connectivity index (χ0n) is 17.6. The number of nitrogens with one attached hydrogen (secondary N) is 1. The molecule has 0 spiro atoms. The summed E-state index contributed by atoms with van der Waals surface area (Å²) >= 11 is 0. The minimum Gasteiger partial charge on any atom is -0.497 e. The molecular weight excluding hydrogens is 394 g/mol. The molecular formula is C23H23N5O3. The van der Waals surface area contributed by atoms with Gasteiger partial charge < -0.3 is 10.1 Å². The van der Waals surface area contributed by atoms with Crippen molar-refractivity contribution in [1.82, 2.24) is 24.5 Å². The molecule has 0 radical (unpaired) electrons. The molecule has 1 N–H and O–H groups in total. The van der Waals surface area contributed by atoms with Gasteiger partial charge in [0, 0.05) is 11.6 Å². The first kappa shape index (κ1) is 20.3. The van der Waals surface area contributed by atoms with Crippen LogP contribution < -0.4 is 15.7 Å². The first-order chi connectivity index (χ1) is 15.0. The topological polar surface area (TPSA) is 90.5 Å². The molecule has 0 saturated carbocycles. The van der Waals surface area contributed by atoms with Crippen LogP contribution in [0, 0.1) is 6.92 Å². The lowest BCUT2D eigenvalue weighted by atomic mass is 10.1. The Balaban J connectivity index is 1.55. The van der Waals surface area contributed by atoms with Crippen molar-refractivity contribution in [2.75, 3.05) is 7.11 Å². The van der Waals surface area contributed by atoms with E-state index in [1.165, 1.54) is 4.40 Å². The summed E-state index contributed by atoms with van der Waals surface area (Å²) in [6.45, 7) is 3.45. The molecule has 8 nitrogen and oxygen atoms in total. The Morgan fingerprint density at radius 1 is 1.13 bits per heavy atom. The van der Waals surface area contributed by atoms with Crippen LogP contribution in [0.25, 0.3) is 16.9 Å². The van der Waals surface area contributed by atoms with Crippen LogP contribution in [0.4, 0.5) is 0 Å². The molecule has 0 bridgehead atoms. The highest BCUT2D eigenvalue weighted by Crippen LogP contribution is 2.19. The van der Waals surface area contributed by atoms with E-state index in [0.717, 1.165) is 27.3 Å². The summed E-state index contributed by atoms with van der Waals surface area (Å²) in [6.07, 6.45) is 0. The molecule has 0 saturated heterocycles. The number of fused-ring (bicyclic) bond motifs is 1. The SMILES string of the molecule is COc1ccc([C@@H](C)NC(=O)Cn2nc3cc(-c4ccccc4)nc(C)n3c2=O)cc1. The summed E-state index contributed by atoms with van der Waals surface area (Å²) in [5, 5.41) is 7.25. The fourth-order valence-electron chi connectivity index (χ4n) is 3.46. The number of aromatic nitrogens is 4. The lowest BCUT2D eigenvalue weighted by molar-refractivity contribution is -0.122. The van der Waals surface area contributed by atoms with Crippen LogP contribution in [-0.2, 0) is 11.3 Å². The van der Waals surface area contributed by atoms with E-state index in [-0.39, 0.29) is 18.5 Å². The van der Waals surface area contributed by atoms with Gasteiger partial charge in [0.2, 0.25) is 5.91 Å². The molecule has 2 aromatic carbocycles. The summed E-state index contributed by atoms with van der Waals surface area (Å²) < 4.78 is 7.73. The zero-order chi connectivity index (χ0) is 22.0. The Morgan fingerprint density at radius 3 is 2.52 bits per heavy atom. The Morgan fingerprint density at radius 2 is 1.84 bits per heavy atom. The number of hydrogen-bond donors (Lipinski definition) is 1. The van der Waals surface area contributed by atoms with Gasteiger partial charge in [-0.15, -0.1) is 5.10 Å². The Hall–Kier alpha value is -3.94. The van der Waals surface area contributed by atoms with Crippen molar-refractivity contribution in [3.63, 3.8) is 0 Å². The molecule has 0 aliphatic rings. The first-order valence-electron chi connectivity index (χ1n) is 9.92. The summed E-state index contributed by atoms with van der Waals surface area (Å²) in [7, 11) is 1.60. The Bertz CT molecular complexity index is 1280. The van der Waals surface area contributed by atoms with Crippen LogP contribution in [0.3, 0.4) is 0 Å². The van der Waals surface area contributed by atoms with Crippen LogP contribution in [-0.4, -0.2) is 32.2 Å². The number of carbonyl (C=O) groups excluding carboxylic acids is 1. The molecule has 8 heteroatoms. The van der Waals surface area contributed by atoms with Crippen molar-refractivity contribution >= 4 is 11.6 Å². The predicted molar refractivity (Wildman–Crippen MR) is 117 cm³/mol. The second-order valence-corrected chi connectivity index (χ2v) is 7.25. The summed E-state index contributed by atoms with van der Waals surface area (Å²) in [5.74, 6) is 0.958. The van der Waals surface area contributed by atoms with Crippen molar-refractivity contribution in [1.29, 1.82) is 0 Å². The van der Waals surface area contributed by atoms with Gasteiger partial charge in [-0.3, -0.25) is 4.79 Å². The Kier molecular flexibility index (Phi) is 5.53. The van der Waals surface area contributed by atoms with Gasteiger partial charge in [0.25, 0.3) is 0 Å². The van der Waals surface area contributed by atoms with E-state index in [1.54, 1.807) is 20.1 Å². The maximum Gasteiger partial charge on any atom is 0.352 e. The van der Waals surface area contributed by atoms with Crippen molar-refractivity contribution in [3.05, 3.63) is 82.5 Å². The number of ether oxygens (including phenoxy) is 1. The predicted octanol–water partition coefficient (Wildman–Crippen LogP) is 2.75. The van der Waals surface area contributed by atoms with Gasteiger partial charge in [0.1, 0.15) is 18.1 Å². The highest BCUT2D eigenvalue weighted by molar-refractivity contribution is 5.76. The standard InChI is InChI=1S/C23H23N5O3/c1-15(17-9-11-19(31-3)12-10-17)24-22(29)14-27-23(30)28-16(2)25-20(13-21(28)26-27)18-7-5-4-6-8-18/h4-13,15H,14H2,1-3H3,(H,24,29)/t15-/m1/s1. The lowest BCUT2D eigenvalue weighted by Crippen LogP contribution is -2.34. The van der Waals surface area contributed by atoms with Crippen LogP contribution in [0.5, 0.6) is 5.75 Å². The van der Waals surface area contributed by atoms with Crippen LogP contribution >= 0.6 is 0 Å². The number of hydrogen-bond acceptors (Lipinski definition) is 5. The van der Waals surface area contributed by atoms with Crippen molar-refractivity contribution in [3.8, 4) is 17.0 Å². The number of nitrogens with zero attached hydrogens (tertiary/aromatic N) is 4. The molecule has 2 heterocycles. The molecule has 0 aliphatic carbocycles. The minimum atomic E-state index is -0.396. The van der Waals surface area contributed by atoms with Gasteiger partial charge >= 0.3 is 5.69 Å². The minimum absolute atomic E-state index is 0.179. The molecule has 1 atom stereocenters. The van der Waals surface area contributed by atoms with Crippen molar-refractivity contribution in [2.45, 2.75) is 26.4 Å². The number of amides is 1. The lowest BCUT2D eigenvalue weighted by Gasteiger charge is -2.14. The van der Waals surface area contributed by atoms with Crippen LogP contribution in [0.2, 0.25) is 0 Å². The number of benzene rings is 2. The van der Waals surface area contributed by atoms with E-state index in [1.807, 2.05) is 61.5 Å². The second kappa shape index (κ2) is 8.43. The average Bonchev–Trinajstić information content (AvgIpc) is 3.09. The van der Waals surface area contributed by atoms with E-state index in [2.05, 4.69) is 15.4 Å². The first-order valence-corrected chi connectivity index (χ1v) is 9.92. The molecule has 4 rings (SSSR count). The highest BCUT2D eigenvalue weighted by atomic mass is 16.5. The van der Waals surface area contributed by atoms with E-state index in [9.17, 15) is 9.59 Å². The van der Waals surface area contributed by atoms with Gasteiger partial charge in [-0.25, -0.2) is 18.9 Å². The van der Waals surface area contributed by atoms with Gasteiger partial charge in [0.05, 0.1) is 18.8 Å². The largest absolute Gasteiger partial charge is 0.497 e. The normalized spacial score (nSPS) is 12.0. The molecule has 1 amide bonds. The zero-order valence-corrected chi connectivity index (χ0v) is 17.6. The smallest absolute Gasteiger partial charge is 0.352 e. The number of aryl methyl sites for hydroxylation is 1. The van der Waals surface area contributed by atoms with Crippen molar-refractivity contribution in [2.24, 2.45) is 0 Å². The quantitative estimate of drug-likeness (QED) is 0.521. The molecule has 0 fully saturated rings. The van der Waals surface area contributed by atoms with Crippen LogP contribution in [0.15, 0.2) is 65.5 Å². The van der Waals surface area contributed by atoms with E-state index in [4.69, 9.17) is 4.74 Å². The maximum absolute atomic E-state index is 12.8. The summed E-state index contributed by atoms with van der Waals surface area (Å²) in [4.78, 5) is 29.9. The number of carbonyl (C=O) groups is 1. The molecule has 0 unspecified atom stereocenters. The molecule has 2 aromatic heterocycles. The van der Waals surface area contributed by atoms with Crippen LogP contribution in [0.1, 0.15) is 24.4 Å². The van der Waals surface area contributed by atoms with Gasteiger partial charge in [-0.1, -0.05) is 42.5 Å². The average molecular weight is 417 g/mol. The molecule has 31 heavy (non-hydrogen) atoms. The summed E-state index contributed by atoms with van der Waals surface area (Å²) in [5.41, 5.74) is 2.64. The van der Waals surface area contributed by atoms with Gasteiger partial charge in [-0.05, 0) is 31.5 Å². The van der Waals surface area contributed by atoms with Gasteiger partial charge in [0.15, 0.2) is 5.65 Å². The Labute approximate surface area is 179 Å². The number of rotatable bonds is 6. The maximum atomic E-state index is 12.8. The summed E-state index contributed by atoms with van der Waals surface area (Å²) in [6, 6.07) is 18.7. The molecule has 0 aliphatic heterocycles.